The fraction of sp³-hybridized carbons (Fsp3) is 0.333. The Morgan fingerprint density at radius 1 is 1.30 bits per heavy atom. The number of aryl methyl sites for hydroxylation is 1. The molecule has 0 aliphatic heterocycles. The van der Waals surface area contributed by atoms with Crippen LogP contribution in [0.1, 0.15) is 18.9 Å². The van der Waals surface area contributed by atoms with E-state index < -0.39 is 0 Å². The topological polar surface area (TPSA) is 47.0 Å². The van der Waals surface area contributed by atoms with E-state index in [1.54, 1.807) is 24.5 Å². The maximum atomic E-state index is 13.1. The lowest BCUT2D eigenvalue weighted by molar-refractivity contribution is 0.209. The normalized spacial score (nSPS) is 11.9. The van der Waals surface area contributed by atoms with Gasteiger partial charge in [-0.3, -0.25) is 0 Å². The molecule has 20 heavy (non-hydrogen) atoms. The maximum Gasteiger partial charge on any atom is 0.222 e. The first-order valence-electron chi connectivity index (χ1n) is 6.62. The van der Waals surface area contributed by atoms with Gasteiger partial charge in [0.1, 0.15) is 17.7 Å². The molecule has 0 aliphatic carbocycles. The highest BCUT2D eigenvalue weighted by Crippen LogP contribution is 2.15. The lowest BCUT2D eigenvalue weighted by Gasteiger charge is -2.18. The number of benzene rings is 1. The van der Waals surface area contributed by atoms with Gasteiger partial charge in [0.15, 0.2) is 0 Å². The van der Waals surface area contributed by atoms with Crippen molar-refractivity contribution in [1.29, 1.82) is 0 Å². The molecule has 0 radical (unpaired) electrons. The van der Waals surface area contributed by atoms with Crippen molar-refractivity contribution in [3.8, 4) is 5.75 Å². The highest BCUT2D eigenvalue weighted by Gasteiger charge is 2.09. The van der Waals surface area contributed by atoms with E-state index in [1.165, 1.54) is 12.1 Å². The summed E-state index contributed by atoms with van der Waals surface area (Å²) in [6.45, 7) is 4.52. The van der Waals surface area contributed by atoms with Crippen molar-refractivity contribution in [3.05, 3.63) is 48.0 Å². The Bertz CT molecular complexity index is 545. The van der Waals surface area contributed by atoms with Crippen LogP contribution in [0.2, 0.25) is 0 Å². The van der Waals surface area contributed by atoms with Gasteiger partial charge in [-0.25, -0.2) is 14.4 Å². The molecule has 0 saturated heterocycles. The summed E-state index contributed by atoms with van der Waals surface area (Å²) < 4.78 is 18.8. The summed E-state index contributed by atoms with van der Waals surface area (Å²) in [5.41, 5.74) is 1.01. The van der Waals surface area contributed by atoms with Crippen LogP contribution >= 0.6 is 0 Å². The lowest BCUT2D eigenvalue weighted by atomic mass is 10.2. The zero-order chi connectivity index (χ0) is 14.4. The number of anilines is 1. The van der Waals surface area contributed by atoms with E-state index in [-0.39, 0.29) is 11.9 Å². The van der Waals surface area contributed by atoms with Gasteiger partial charge >= 0.3 is 0 Å². The van der Waals surface area contributed by atoms with E-state index in [4.69, 9.17) is 4.74 Å². The van der Waals surface area contributed by atoms with Crippen LogP contribution in [-0.2, 0) is 0 Å². The zero-order valence-corrected chi connectivity index (χ0v) is 11.6. The van der Waals surface area contributed by atoms with Crippen molar-refractivity contribution >= 4 is 5.95 Å². The van der Waals surface area contributed by atoms with Gasteiger partial charge in [-0.05, 0) is 31.0 Å². The monoisotopic (exact) mass is 275 g/mol. The predicted molar refractivity (Wildman–Crippen MR) is 76.4 cm³/mol. The summed E-state index contributed by atoms with van der Waals surface area (Å²) >= 11 is 0. The fourth-order valence-electron chi connectivity index (χ4n) is 1.69. The van der Waals surface area contributed by atoms with E-state index in [1.807, 2.05) is 13.8 Å². The molecule has 1 unspecified atom stereocenters. The highest BCUT2D eigenvalue weighted by atomic mass is 19.1. The van der Waals surface area contributed by atoms with Crippen molar-refractivity contribution in [3.63, 3.8) is 0 Å². The van der Waals surface area contributed by atoms with E-state index >= 15 is 0 Å². The van der Waals surface area contributed by atoms with Crippen LogP contribution in [0.4, 0.5) is 10.3 Å². The molecule has 0 bridgehead atoms. The molecular formula is C15H18FN3O. The third kappa shape index (κ3) is 4.19. The predicted octanol–water partition coefficient (Wildman–Crippen LogP) is 3.19. The number of ether oxygens (including phenoxy) is 1. The number of hydrogen-bond donors (Lipinski definition) is 1. The second kappa shape index (κ2) is 6.84. The Hall–Kier alpha value is -2.17. The van der Waals surface area contributed by atoms with Gasteiger partial charge in [0.2, 0.25) is 5.95 Å². The van der Waals surface area contributed by atoms with Crippen LogP contribution in [0.5, 0.6) is 5.75 Å². The Labute approximate surface area is 118 Å². The van der Waals surface area contributed by atoms with Crippen LogP contribution in [0.3, 0.4) is 0 Å². The molecule has 1 aromatic heterocycles. The number of nitrogens with zero attached hydrogens (tertiary/aromatic N) is 2. The zero-order valence-electron chi connectivity index (χ0n) is 11.6. The van der Waals surface area contributed by atoms with Gasteiger partial charge in [0.25, 0.3) is 0 Å². The number of halogens is 1. The molecule has 0 saturated carbocycles. The standard InChI is InChI=1S/C15H18FN3O/c1-3-13(20-14-6-4-5-12(16)7-14)10-19-15-17-8-11(2)9-18-15/h4-9,13H,3,10H2,1-2H3,(H,17,18,19). The maximum absolute atomic E-state index is 13.1. The smallest absolute Gasteiger partial charge is 0.222 e. The summed E-state index contributed by atoms with van der Waals surface area (Å²) in [5.74, 6) is 0.799. The molecule has 0 amide bonds. The van der Waals surface area contributed by atoms with Crippen LogP contribution in [0, 0.1) is 12.7 Å². The van der Waals surface area contributed by atoms with Crippen LogP contribution in [-0.4, -0.2) is 22.6 Å². The molecule has 1 heterocycles. The molecule has 0 fully saturated rings. The first-order valence-corrected chi connectivity index (χ1v) is 6.62. The Balaban J connectivity index is 1.90. The second-order valence-electron chi connectivity index (χ2n) is 4.57. The Morgan fingerprint density at radius 2 is 2.05 bits per heavy atom. The van der Waals surface area contributed by atoms with Gasteiger partial charge in [-0.1, -0.05) is 13.0 Å². The summed E-state index contributed by atoms with van der Waals surface area (Å²) in [6.07, 6.45) is 4.24. The van der Waals surface area contributed by atoms with Crippen LogP contribution in [0.25, 0.3) is 0 Å². The average molecular weight is 275 g/mol. The quantitative estimate of drug-likeness (QED) is 0.879. The number of hydrogen-bond acceptors (Lipinski definition) is 4. The summed E-state index contributed by atoms with van der Waals surface area (Å²) in [4.78, 5) is 8.34. The lowest BCUT2D eigenvalue weighted by Crippen LogP contribution is -2.26. The van der Waals surface area contributed by atoms with E-state index in [0.717, 1.165) is 12.0 Å². The molecule has 1 N–H and O–H groups in total. The van der Waals surface area contributed by atoms with Crippen LogP contribution < -0.4 is 10.1 Å². The molecule has 2 rings (SSSR count). The molecule has 106 valence electrons. The van der Waals surface area contributed by atoms with E-state index in [2.05, 4.69) is 15.3 Å². The molecule has 0 aliphatic rings. The molecule has 1 aromatic carbocycles. The number of rotatable bonds is 6. The first kappa shape index (κ1) is 14.2. The third-order valence-corrected chi connectivity index (χ3v) is 2.82. The molecule has 2 aromatic rings. The van der Waals surface area contributed by atoms with Crippen molar-refractivity contribution in [2.75, 3.05) is 11.9 Å². The van der Waals surface area contributed by atoms with Crippen molar-refractivity contribution in [1.82, 2.24) is 9.97 Å². The Kier molecular flexibility index (Phi) is 4.87. The van der Waals surface area contributed by atoms with Gasteiger partial charge < -0.3 is 10.1 Å². The first-order chi connectivity index (χ1) is 9.67. The summed E-state index contributed by atoms with van der Waals surface area (Å²) in [5, 5.41) is 3.12. The van der Waals surface area contributed by atoms with Crippen molar-refractivity contribution in [2.45, 2.75) is 26.4 Å². The van der Waals surface area contributed by atoms with Gasteiger partial charge in [0, 0.05) is 18.5 Å². The van der Waals surface area contributed by atoms with Crippen molar-refractivity contribution in [2.24, 2.45) is 0 Å². The minimum absolute atomic E-state index is 0.0679. The van der Waals surface area contributed by atoms with Crippen molar-refractivity contribution < 1.29 is 9.13 Å². The molecule has 5 heteroatoms. The molecule has 1 atom stereocenters. The SMILES string of the molecule is CCC(CNc1ncc(C)cn1)Oc1cccc(F)c1. The number of aromatic nitrogens is 2. The molecule has 0 spiro atoms. The van der Waals surface area contributed by atoms with E-state index in [0.29, 0.717) is 18.2 Å². The second-order valence-corrected chi connectivity index (χ2v) is 4.57. The third-order valence-electron chi connectivity index (χ3n) is 2.82. The summed E-state index contributed by atoms with van der Waals surface area (Å²) in [7, 11) is 0. The molecular weight excluding hydrogens is 257 g/mol. The minimum Gasteiger partial charge on any atom is -0.489 e. The van der Waals surface area contributed by atoms with Crippen LogP contribution in [0.15, 0.2) is 36.7 Å². The minimum atomic E-state index is -0.299. The summed E-state index contributed by atoms with van der Waals surface area (Å²) in [6, 6.07) is 6.15. The van der Waals surface area contributed by atoms with Gasteiger partial charge in [-0.15, -0.1) is 0 Å². The molecule has 4 nitrogen and oxygen atoms in total. The van der Waals surface area contributed by atoms with E-state index in [9.17, 15) is 4.39 Å². The van der Waals surface area contributed by atoms with Gasteiger partial charge in [0.05, 0.1) is 6.54 Å². The average Bonchev–Trinajstić information content (AvgIpc) is 2.45. The largest absolute Gasteiger partial charge is 0.489 e. The fourth-order valence-corrected chi connectivity index (χ4v) is 1.69. The highest BCUT2D eigenvalue weighted by molar-refractivity contribution is 5.25. The number of nitrogens with one attached hydrogen (secondary N) is 1. The van der Waals surface area contributed by atoms with Gasteiger partial charge in [-0.2, -0.15) is 0 Å². The Morgan fingerprint density at radius 3 is 2.70 bits per heavy atom.